The van der Waals surface area contributed by atoms with Crippen LogP contribution in [0.2, 0.25) is 0 Å². The molecule has 1 N–H and O–H groups in total. The summed E-state index contributed by atoms with van der Waals surface area (Å²) in [4.78, 5) is 0. The van der Waals surface area contributed by atoms with Crippen LogP contribution >= 0.6 is 0 Å². The lowest BCUT2D eigenvalue weighted by Gasteiger charge is -2.12. The van der Waals surface area contributed by atoms with Gasteiger partial charge in [-0.1, -0.05) is 30.3 Å². The largest absolute Gasteiger partial charge is 0.384 e. The third-order valence-electron chi connectivity index (χ3n) is 2.85. The fraction of sp³-hybridized carbons (Fsp3) is 0.188. The highest BCUT2D eigenvalue weighted by atomic mass is 19.1. The van der Waals surface area contributed by atoms with Gasteiger partial charge >= 0.3 is 0 Å². The average Bonchev–Trinajstić information content (AvgIpc) is 2.45. The van der Waals surface area contributed by atoms with Crippen molar-refractivity contribution in [3.8, 4) is 17.2 Å². The van der Waals surface area contributed by atoms with E-state index in [9.17, 15) is 4.39 Å². The Morgan fingerprint density at radius 2 is 1.89 bits per heavy atom. The van der Waals surface area contributed by atoms with E-state index < -0.39 is 0 Å². The molecule has 0 amide bonds. The molecule has 0 saturated carbocycles. The van der Waals surface area contributed by atoms with Gasteiger partial charge in [0.15, 0.2) is 0 Å². The average molecular weight is 254 g/mol. The van der Waals surface area contributed by atoms with Gasteiger partial charge in [-0.3, -0.25) is 0 Å². The molecule has 0 aliphatic carbocycles. The van der Waals surface area contributed by atoms with Crippen LogP contribution < -0.4 is 5.32 Å². The summed E-state index contributed by atoms with van der Waals surface area (Å²) >= 11 is 0. The lowest BCUT2D eigenvalue weighted by molar-refractivity contribution is 0.628. The predicted octanol–water partition coefficient (Wildman–Crippen LogP) is 4.21. The van der Waals surface area contributed by atoms with Crippen LogP contribution in [0, 0.1) is 17.1 Å². The molecule has 0 heterocycles. The van der Waals surface area contributed by atoms with E-state index in [1.54, 1.807) is 6.07 Å². The first kappa shape index (κ1) is 13.1. The maximum atomic E-state index is 13.3. The van der Waals surface area contributed by atoms with Gasteiger partial charge in [0.25, 0.3) is 0 Å². The third-order valence-corrected chi connectivity index (χ3v) is 2.85. The minimum absolute atomic E-state index is 0.262. The van der Waals surface area contributed by atoms with Crippen LogP contribution in [-0.2, 0) is 0 Å². The summed E-state index contributed by atoms with van der Waals surface area (Å²) in [6, 6.07) is 16.7. The standard InChI is InChI=1S/C16H15FN2/c17-14-8-9-15(13-6-2-1-3-7-13)16(12-14)19-11-5-4-10-18/h1-3,6-9,12,19H,4-5,11H2. The fourth-order valence-electron chi connectivity index (χ4n) is 1.92. The summed E-state index contributed by atoms with van der Waals surface area (Å²) in [6.45, 7) is 0.664. The van der Waals surface area contributed by atoms with Crippen LogP contribution in [0.25, 0.3) is 11.1 Å². The van der Waals surface area contributed by atoms with E-state index in [1.807, 2.05) is 30.3 Å². The predicted molar refractivity (Wildman–Crippen MR) is 75.2 cm³/mol. The fourth-order valence-corrected chi connectivity index (χ4v) is 1.92. The first-order valence-electron chi connectivity index (χ1n) is 6.27. The number of halogens is 1. The van der Waals surface area contributed by atoms with Crippen molar-refractivity contribution < 1.29 is 4.39 Å². The van der Waals surface area contributed by atoms with Gasteiger partial charge in [-0.2, -0.15) is 5.26 Å². The van der Waals surface area contributed by atoms with E-state index in [4.69, 9.17) is 5.26 Å². The molecule has 0 spiro atoms. The van der Waals surface area contributed by atoms with Crippen molar-refractivity contribution in [2.45, 2.75) is 12.8 Å². The molecule has 0 bridgehead atoms. The Kier molecular flexibility index (Phi) is 4.52. The Morgan fingerprint density at radius 3 is 2.63 bits per heavy atom. The second-order valence-electron chi connectivity index (χ2n) is 4.24. The molecule has 0 unspecified atom stereocenters. The molecular weight excluding hydrogens is 239 g/mol. The summed E-state index contributed by atoms with van der Waals surface area (Å²) in [7, 11) is 0. The topological polar surface area (TPSA) is 35.8 Å². The number of nitrogens with one attached hydrogen (secondary N) is 1. The maximum Gasteiger partial charge on any atom is 0.125 e. The molecule has 0 fully saturated rings. The van der Waals surface area contributed by atoms with Crippen molar-refractivity contribution >= 4 is 5.69 Å². The molecule has 3 heteroatoms. The van der Waals surface area contributed by atoms with E-state index in [0.29, 0.717) is 13.0 Å². The lowest BCUT2D eigenvalue weighted by Crippen LogP contribution is -2.03. The van der Waals surface area contributed by atoms with Crippen molar-refractivity contribution in [2.24, 2.45) is 0 Å². The molecule has 0 aliphatic rings. The number of benzene rings is 2. The van der Waals surface area contributed by atoms with Crippen LogP contribution in [0.3, 0.4) is 0 Å². The number of rotatable bonds is 5. The first-order valence-corrected chi connectivity index (χ1v) is 6.27. The zero-order valence-corrected chi connectivity index (χ0v) is 10.6. The molecule has 2 nitrogen and oxygen atoms in total. The highest BCUT2D eigenvalue weighted by Crippen LogP contribution is 2.28. The number of unbranched alkanes of at least 4 members (excludes halogenated alkanes) is 1. The Balaban J connectivity index is 2.21. The highest BCUT2D eigenvalue weighted by molar-refractivity contribution is 5.77. The van der Waals surface area contributed by atoms with E-state index in [0.717, 1.165) is 23.2 Å². The minimum atomic E-state index is -0.262. The zero-order chi connectivity index (χ0) is 13.5. The van der Waals surface area contributed by atoms with Gasteiger partial charge in [0, 0.05) is 24.2 Å². The van der Waals surface area contributed by atoms with Crippen LogP contribution in [0.5, 0.6) is 0 Å². The van der Waals surface area contributed by atoms with E-state index in [1.165, 1.54) is 12.1 Å². The summed E-state index contributed by atoms with van der Waals surface area (Å²) in [5.41, 5.74) is 2.79. The van der Waals surface area contributed by atoms with Crippen molar-refractivity contribution in [1.29, 1.82) is 5.26 Å². The minimum Gasteiger partial charge on any atom is -0.384 e. The molecule has 0 atom stereocenters. The number of nitrogens with zero attached hydrogens (tertiary/aromatic N) is 1. The van der Waals surface area contributed by atoms with Gasteiger partial charge in [-0.25, -0.2) is 4.39 Å². The second kappa shape index (κ2) is 6.55. The smallest absolute Gasteiger partial charge is 0.125 e. The SMILES string of the molecule is N#CCCCNc1cc(F)ccc1-c1ccccc1. The van der Waals surface area contributed by atoms with Gasteiger partial charge in [0.1, 0.15) is 5.82 Å². The van der Waals surface area contributed by atoms with Crippen molar-refractivity contribution in [3.05, 3.63) is 54.3 Å². The number of anilines is 1. The van der Waals surface area contributed by atoms with Gasteiger partial charge in [0.05, 0.1) is 6.07 Å². The van der Waals surface area contributed by atoms with Gasteiger partial charge in [-0.15, -0.1) is 0 Å². The van der Waals surface area contributed by atoms with Crippen molar-refractivity contribution in [3.63, 3.8) is 0 Å². The molecular formula is C16H15FN2. The zero-order valence-electron chi connectivity index (χ0n) is 10.6. The highest BCUT2D eigenvalue weighted by Gasteiger charge is 2.05. The molecule has 2 aromatic carbocycles. The molecule has 0 saturated heterocycles. The Hall–Kier alpha value is -2.34. The molecule has 2 aromatic rings. The van der Waals surface area contributed by atoms with Gasteiger partial charge in [0.2, 0.25) is 0 Å². The van der Waals surface area contributed by atoms with Crippen molar-refractivity contribution in [2.75, 3.05) is 11.9 Å². The summed E-state index contributed by atoms with van der Waals surface area (Å²) < 4.78 is 13.3. The molecule has 0 aromatic heterocycles. The van der Waals surface area contributed by atoms with Crippen molar-refractivity contribution in [1.82, 2.24) is 0 Å². The van der Waals surface area contributed by atoms with Crippen LogP contribution in [0.1, 0.15) is 12.8 Å². The number of hydrogen-bond donors (Lipinski definition) is 1. The summed E-state index contributed by atoms with van der Waals surface area (Å²) in [5.74, 6) is -0.262. The van der Waals surface area contributed by atoms with E-state index in [2.05, 4.69) is 11.4 Å². The van der Waals surface area contributed by atoms with Crippen LogP contribution in [-0.4, -0.2) is 6.54 Å². The summed E-state index contributed by atoms with van der Waals surface area (Å²) in [5, 5.41) is 11.7. The lowest BCUT2D eigenvalue weighted by atomic mass is 10.0. The van der Waals surface area contributed by atoms with E-state index >= 15 is 0 Å². The van der Waals surface area contributed by atoms with E-state index in [-0.39, 0.29) is 5.82 Å². The Bertz CT molecular complexity index is 573. The molecule has 19 heavy (non-hydrogen) atoms. The molecule has 2 rings (SSSR count). The third kappa shape index (κ3) is 3.56. The van der Waals surface area contributed by atoms with Gasteiger partial charge in [-0.05, 0) is 30.2 Å². The normalized spacial score (nSPS) is 9.89. The van der Waals surface area contributed by atoms with Crippen LogP contribution in [0.4, 0.5) is 10.1 Å². The second-order valence-corrected chi connectivity index (χ2v) is 4.24. The first-order chi connectivity index (χ1) is 9.31. The number of nitriles is 1. The summed E-state index contributed by atoms with van der Waals surface area (Å²) in [6.07, 6.45) is 1.25. The Morgan fingerprint density at radius 1 is 1.11 bits per heavy atom. The Labute approximate surface area is 112 Å². The maximum absolute atomic E-state index is 13.3. The number of hydrogen-bond acceptors (Lipinski definition) is 2. The molecule has 0 radical (unpaired) electrons. The quantitative estimate of drug-likeness (QED) is 0.811. The van der Waals surface area contributed by atoms with Gasteiger partial charge < -0.3 is 5.32 Å². The molecule has 0 aliphatic heterocycles. The van der Waals surface area contributed by atoms with Crippen LogP contribution in [0.15, 0.2) is 48.5 Å². The monoisotopic (exact) mass is 254 g/mol. The molecule has 96 valence electrons.